The molecule has 3 aliphatic carbocycles. The average molecular weight is 192 g/mol. The van der Waals surface area contributed by atoms with Crippen LogP contribution in [0.1, 0.15) is 52.4 Å². The van der Waals surface area contributed by atoms with Gasteiger partial charge in [0.2, 0.25) is 0 Å². The summed E-state index contributed by atoms with van der Waals surface area (Å²) in [6, 6.07) is 0. The van der Waals surface area contributed by atoms with Crippen molar-refractivity contribution in [2.24, 2.45) is 35.5 Å². The standard InChI is InChI=1S/C14H24/c1-9(2)13-7-11-5-3-10-4-6-12(8-13)14(10)11/h9-14H,3-8H2,1-2H3. The highest BCUT2D eigenvalue weighted by Gasteiger charge is 2.49. The van der Waals surface area contributed by atoms with Crippen LogP contribution in [0.5, 0.6) is 0 Å². The van der Waals surface area contributed by atoms with Crippen molar-refractivity contribution in [3.05, 3.63) is 0 Å². The fourth-order valence-electron chi connectivity index (χ4n) is 4.89. The van der Waals surface area contributed by atoms with E-state index in [0.29, 0.717) is 0 Å². The highest BCUT2D eigenvalue weighted by atomic mass is 14.5. The number of rotatable bonds is 1. The molecule has 0 spiro atoms. The molecule has 0 aromatic rings. The van der Waals surface area contributed by atoms with Gasteiger partial charge in [-0.1, -0.05) is 13.8 Å². The molecule has 0 heteroatoms. The second kappa shape index (κ2) is 3.25. The minimum atomic E-state index is 0.940. The molecule has 3 fully saturated rings. The van der Waals surface area contributed by atoms with Crippen molar-refractivity contribution in [1.29, 1.82) is 0 Å². The highest BCUT2D eigenvalue weighted by molar-refractivity contribution is 4.98. The van der Waals surface area contributed by atoms with Crippen molar-refractivity contribution >= 4 is 0 Å². The van der Waals surface area contributed by atoms with Crippen LogP contribution in [0.25, 0.3) is 0 Å². The molecule has 0 N–H and O–H groups in total. The summed E-state index contributed by atoms with van der Waals surface area (Å²) in [6.45, 7) is 4.87. The summed E-state index contributed by atoms with van der Waals surface area (Å²) >= 11 is 0. The summed E-state index contributed by atoms with van der Waals surface area (Å²) in [5.41, 5.74) is 0. The van der Waals surface area contributed by atoms with E-state index in [2.05, 4.69) is 13.8 Å². The van der Waals surface area contributed by atoms with Gasteiger partial charge in [0.05, 0.1) is 0 Å². The molecule has 3 aliphatic rings. The van der Waals surface area contributed by atoms with E-state index in [1.54, 1.807) is 38.5 Å². The van der Waals surface area contributed by atoms with Gasteiger partial charge in [-0.05, 0) is 74.0 Å². The third-order valence-electron chi connectivity index (χ3n) is 5.60. The van der Waals surface area contributed by atoms with Crippen molar-refractivity contribution in [1.82, 2.24) is 0 Å². The summed E-state index contributed by atoms with van der Waals surface area (Å²) in [7, 11) is 0. The van der Waals surface area contributed by atoms with Gasteiger partial charge in [-0.3, -0.25) is 0 Å². The molecule has 0 bridgehead atoms. The van der Waals surface area contributed by atoms with E-state index in [4.69, 9.17) is 0 Å². The predicted octanol–water partition coefficient (Wildman–Crippen LogP) is 4.10. The summed E-state index contributed by atoms with van der Waals surface area (Å²) in [5.74, 6) is 6.65. The lowest BCUT2D eigenvalue weighted by Gasteiger charge is -2.38. The molecule has 0 radical (unpaired) electrons. The van der Waals surface area contributed by atoms with Crippen LogP contribution in [0.15, 0.2) is 0 Å². The molecule has 3 rings (SSSR count). The van der Waals surface area contributed by atoms with Gasteiger partial charge < -0.3 is 0 Å². The lowest BCUT2D eigenvalue weighted by Crippen LogP contribution is -2.30. The fraction of sp³-hybridized carbons (Fsp3) is 1.00. The van der Waals surface area contributed by atoms with Crippen LogP contribution >= 0.6 is 0 Å². The molecule has 0 saturated heterocycles. The molecule has 0 heterocycles. The van der Waals surface area contributed by atoms with E-state index in [1.807, 2.05) is 0 Å². The largest absolute Gasteiger partial charge is 0.0625 e. The van der Waals surface area contributed by atoms with Crippen LogP contribution in [0, 0.1) is 35.5 Å². The minimum absolute atomic E-state index is 0.940. The van der Waals surface area contributed by atoms with Gasteiger partial charge in [0, 0.05) is 0 Å². The maximum Gasteiger partial charge on any atom is -0.0329 e. The first-order chi connectivity index (χ1) is 6.75. The number of hydrogen-bond donors (Lipinski definition) is 0. The topological polar surface area (TPSA) is 0 Å². The van der Waals surface area contributed by atoms with E-state index in [9.17, 15) is 0 Å². The zero-order valence-corrected chi connectivity index (χ0v) is 9.71. The van der Waals surface area contributed by atoms with Crippen molar-refractivity contribution in [3.63, 3.8) is 0 Å². The molecule has 0 aliphatic heterocycles. The lowest BCUT2D eigenvalue weighted by atomic mass is 9.67. The lowest BCUT2D eigenvalue weighted by molar-refractivity contribution is 0.111. The van der Waals surface area contributed by atoms with E-state index >= 15 is 0 Å². The monoisotopic (exact) mass is 192 g/mol. The smallest absolute Gasteiger partial charge is 0.0329 e. The van der Waals surface area contributed by atoms with Crippen LogP contribution in [-0.2, 0) is 0 Å². The van der Waals surface area contributed by atoms with Gasteiger partial charge >= 0.3 is 0 Å². The Hall–Kier alpha value is 0. The summed E-state index contributed by atoms with van der Waals surface area (Å²) in [5, 5.41) is 0. The molecule has 3 saturated carbocycles. The Kier molecular flexibility index (Phi) is 2.15. The van der Waals surface area contributed by atoms with Gasteiger partial charge in [-0.25, -0.2) is 0 Å². The zero-order valence-electron chi connectivity index (χ0n) is 9.71. The Morgan fingerprint density at radius 3 is 1.79 bits per heavy atom. The summed E-state index contributed by atoms with van der Waals surface area (Å²) in [6.07, 6.45) is 9.47. The molecule has 0 nitrogen and oxygen atoms in total. The predicted molar refractivity (Wildman–Crippen MR) is 60.0 cm³/mol. The van der Waals surface area contributed by atoms with Crippen molar-refractivity contribution < 1.29 is 0 Å². The van der Waals surface area contributed by atoms with Crippen LogP contribution in [0.3, 0.4) is 0 Å². The van der Waals surface area contributed by atoms with Gasteiger partial charge in [-0.2, -0.15) is 0 Å². The first-order valence-corrected chi connectivity index (χ1v) is 6.75. The zero-order chi connectivity index (χ0) is 9.71. The Morgan fingerprint density at radius 1 is 0.786 bits per heavy atom. The van der Waals surface area contributed by atoms with E-state index in [0.717, 1.165) is 29.6 Å². The molecular weight excluding hydrogens is 168 g/mol. The molecule has 2 unspecified atom stereocenters. The Morgan fingerprint density at radius 2 is 1.29 bits per heavy atom. The number of hydrogen-bond acceptors (Lipinski definition) is 0. The van der Waals surface area contributed by atoms with Crippen molar-refractivity contribution in [2.75, 3.05) is 0 Å². The fourth-order valence-corrected chi connectivity index (χ4v) is 4.89. The first-order valence-electron chi connectivity index (χ1n) is 6.75. The van der Waals surface area contributed by atoms with Gasteiger partial charge in [0.25, 0.3) is 0 Å². The average Bonchev–Trinajstić information content (AvgIpc) is 2.74. The third-order valence-corrected chi connectivity index (χ3v) is 5.60. The third kappa shape index (κ3) is 1.26. The van der Waals surface area contributed by atoms with Gasteiger partial charge in [0.1, 0.15) is 0 Å². The Balaban J connectivity index is 1.78. The van der Waals surface area contributed by atoms with Crippen LogP contribution < -0.4 is 0 Å². The summed E-state index contributed by atoms with van der Waals surface area (Å²) < 4.78 is 0. The van der Waals surface area contributed by atoms with Gasteiger partial charge in [-0.15, -0.1) is 0 Å². The maximum atomic E-state index is 2.44. The second-order valence-electron chi connectivity index (χ2n) is 6.49. The second-order valence-corrected chi connectivity index (χ2v) is 6.49. The van der Waals surface area contributed by atoms with Crippen LogP contribution in [0.4, 0.5) is 0 Å². The van der Waals surface area contributed by atoms with Gasteiger partial charge in [0.15, 0.2) is 0 Å². The molecule has 2 atom stereocenters. The van der Waals surface area contributed by atoms with E-state index in [1.165, 1.54) is 5.92 Å². The quantitative estimate of drug-likeness (QED) is 0.586. The normalized spacial score (nSPS) is 51.2. The van der Waals surface area contributed by atoms with Crippen LogP contribution in [-0.4, -0.2) is 0 Å². The SMILES string of the molecule is CC(C)C1CC2CCC3CCC(C1)C32. The summed E-state index contributed by atoms with van der Waals surface area (Å²) in [4.78, 5) is 0. The van der Waals surface area contributed by atoms with Crippen molar-refractivity contribution in [2.45, 2.75) is 52.4 Å². The first kappa shape index (κ1) is 9.24. The molecule has 80 valence electrons. The molecular formula is C14H24. The Bertz CT molecular complexity index is 200. The van der Waals surface area contributed by atoms with Crippen LogP contribution in [0.2, 0.25) is 0 Å². The molecule has 14 heavy (non-hydrogen) atoms. The Labute approximate surface area is 88.5 Å². The van der Waals surface area contributed by atoms with E-state index in [-0.39, 0.29) is 0 Å². The highest BCUT2D eigenvalue weighted by Crippen LogP contribution is 2.58. The minimum Gasteiger partial charge on any atom is -0.0625 e. The maximum absolute atomic E-state index is 2.44. The molecule has 0 aromatic heterocycles. The molecule has 0 amide bonds. The van der Waals surface area contributed by atoms with E-state index < -0.39 is 0 Å². The molecule has 0 aromatic carbocycles. The van der Waals surface area contributed by atoms with Crippen molar-refractivity contribution in [3.8, 4) is 0 Å².